The van der Waals surface area contributed by atoms with Crippen molar-refractivity contribution in [2.45, 2.75) is 71.1 Å². The number of hydrogen-bond donors (Lipinski definition) is 0. The summed E-state index contributed by atoms with van der Waals surface area (Å²) in [6, 6.07) is 21.1. The van der Waals surface area contributed by atoms with Gasteiger partial charge in [0, 0.05) is 28.3 Å². The summed E-state index contributed by atoms with van der Waals surface area (Å²) in [5.74, 6) is 2.11. The summed E-state index contributed by atoms with van der Waals surface area (Å²) >= 11 is 0. The van der Waals surface area contributed by atoms with E-state index >= 15 is 0 Å². The average molecular weight is 463 g/mol. The van der Waals surface area contributed by atoms with E-state index in [4.69, 9.17) is 19.9 Å². The summed E-state index contributed by atoms with van der Waals surface area (Å²) in [6.45, 7) is 15.8. The van der Waals surface area contributed by atoms with Crippen LogP contribution >= 0.6 is 0 Å². The van der Waals surface area contributed by atoms with Gasteiger partial charge in [-0.15, -0.1) is 0 Å². The first kappa shape index (κ1) is 23.3. The molecule has 2 heterocycles. The highest BCUT2D eigenvalue weighted by atomic mass is 15.0. The molecular formula is C31H34N4. The molecule has 4 aromatic rings. The molecule has 178 valence electrons. The molecule has 0 saturated carbocycles. The van der Waals surface area contributed by atoms with E-state index < -0.39 is 0 Å². The Morgan fingerprint density at radius 3 is 1.91 bits per heavy atom. The monoisotopic (exact) mass is 462 g/mol. The van der Waals surface area contributed by atoms with Gasteiger partial charge >= 0.3 is 0 Å². The highest BCUT2D eigenvalue weighted by Gasteiger charge is 2.41. The molecule has 0 saturated heterocycles. The lowest BCUT2D eigenvalue weighted by atomic mass is 9.82. The Morgan fingerprint density at radius 1 is 0.657 bits per heavy atom. The van der Waals surface area contributed by atoms with Crippen LogP contribution in [0, 0.1) is 0 Å². The summed E-state index contributed by atoms with van der Waals surface area (Å²) in [4.78, 5) is 19.2. The Hall–Kier alpha value is -3.40. The maximum absolute atomic E-state index is 4.83. The van der Waals surface area contributed by atoms with Crippen molar-refractivity contribution in [2.24, 2.45) is 0 Å². The van der Waals surface area contributed by atoms with Gasteiger partial charge in [0.05, 0.1) is 5.69 Å². The Bertz CT molecular complexity index is 1380. The molecule has 4 heteroatoms. The van der Waals surface area contributed by atoms with Gasteiger partial charge in [-0.2, -0.15) is 0 Å². The molecular weight excluding hydrogens is 428 g/mol. The summed E-state index contributed by atoms with van der Waals surface area (Å²) < 4.78 is 0. The van der Waals surface area contributed by atoms with Crippen molar-refractivity contribution in [3.05, 3.63) is 83.8 Å². The Balaban J connectivity index is 1.54. The number of nitrogens with zero attached hydrogens (tertiary/aromatic N) is 4. The minimum atomic E-state index is -0.195. The number of pyridine rings is 1. The molecule has 0 bridgehead atoms. The number of benzene rings is 2. The molecule has 1 aliphatic carbocycles. The topological polar surface area (TPSA) is 51.6 Å². The molecule has 0 spiro atoms. The Morgan fingerprint density at radius 2 is 1.29 bits per heavy atom. The van der Waals surface area contributed by atoms with Gasteiger partial charge in [0.25, 0.3) is 0 Å². The first-order valence-corrected chi connectivity index (χ1v) is 12.4. The van der Waals surface area contributed by atoms with E-state index in [9.17, 15) is 0 Å². The zero-order valence-corrected chi connectivity index (χ0v) is 21.8. The second-order valence-corrected chi connectivity index (χ2v) is 12.1. The third kappa shape index (κ3) is 4.38. The van der Waals surface area contributed by atoms with Gasteiger partial charge in [-0.1, -0.05) is 90.9 Å². The van der Waals surface area contributed by atoms with Crippen LogP contribution < -0.4 is 0 Å². The normalized spacial score (nSPS) is 16.2. The van der Waals surface area contributed by atoms with E-state index in [1.54, 1.807) is 0 Å². The quantitative estimate of drug-likeness (QED) is 0.316. The average Bonchev–Trinajstić information content (AvgIpc) is 3.02. The minimum absolute atomic E-state index is 0.164. The van der Waals surface area contributed by atoms with Crippen LogP contribution in [-0.2, 0) is 16.2 Å². The molecule has 0 atom stereocenters. The predicted molar refractivity (Wildman–Crippen MR) is 143 cm³/mol. The van der Waals surface area contributed by atoms with Crippen molar-refractivity contribution in [1.82, 2.24) is 19.9 Å². The number of rotatable bonds is 3. The van der Waals surface area contributed by atoms with E-state index in [2.05, 4.69) is 78.8 Å². The smallest absolute Gasteiger partial charge is 0.165 e. The Kier molecular flexibility index (Phi) is 5.39. The predicted octanol–water partition coefficient (Wildman–Crippen LogP) is 7.52. The van der Waals surface area contributed by atoms with Gasteiger partial charge in [0.1, 0.15) is 5.82 Å². The van der Waals surface area contributed by atoms with Gasteiger partial charge in [0.2, 0.25) is 0 Å². The second kappa shape index (κ2) is 8.08. The van der Waals surface area contributed by atoms with E-state index in [1.165, 1.54) is 11.1 Å². The minimum Gasteiger partial charge on any atom is -0.255 e. The maximum Gasteiger partial charge on any atom is 0.165 e. The molecule has 1 aliphatic rings. The zero-order valence-electron chi connectivity index (χ0n) is 21.8. The third-order valence-corrected chi connectivity index (χ3v) is 7.02. The van der Waals surface area contributed by atoms with Crippen LogP contribution in [0.5, 0.6) is 0 Å². The molecule has 4 nitrogen and oxygen atoms in total. The van der Waals surface area contributed by atoms with Crippen LogP contribution in [0.15, 0.2) is 66.9 Å². The van der Waals surface area contributed by atoms with Crippen molar-refractivity contribution < 1.29 is 0 Å². The number of aromatic nitrogens is 4. The van der Waals surface area contributed by atoms with Gasteiger partial charge in [-0.05, 0) is 46.6 Å². The molecule has 0 fully saturated rings. The van der Waals surface area contributed by atoms with Gasteiger partial charge in [-0.25, -0.2) is 15.0 Å². The van der Waals surface area contributed by atoms with Crippen molar-refractivity contribution in [2.75, 3.05) is 0 Å². The second-order valence-electron chi connectivity index (χ2n) is 12.1. The lowest BCUT2D eigenvalue weighted by Gasteiger charge is -2.22. The lowest BCUT2D eigenvalue weighted by Crippen LogP contribution is -2.18. The molecule has 2 aromatic heterocycles. The largest absolute Gasteiger partial charge is 0.255 e. The van der Waals surface area contributed by atoms with Crippen molar-refractivity contribution >= 4 is 0 Å². The Labute approximate surface area is 208 Å². The molecule has 0 amide bonds. The number of hydrogen-bond acceptors (Lipinski definition) is 4. The SMILES string of the molecule is CC(C)(C)c1nc(-c2ccccc2)nc(-c2ccc(-c3ccc4c(c3)C(C)(C)CC4(C)C)nc2)n1. The summed E-state index contributed by atoms with van der Waals surface area (Å²) in [5.41, 5.74) is 7.05. The van der Waals surface area contributed by atoms with E-state index in [0.717, 1.165) is 34.6 Å². The van der Waals surface area contributed by atoms with Crippen molar-refractivity contribution in [1.29, 1.82) is 0 Å². The van der Waals surface area contributed by atoms with Crippen LogP contribution in [0.25, 0.3) is 34.0 Å². The highest BCUT2D eigenvalue weighted by molar-refractivity contribution is 5.67. The van der Waals surface area contributed by atoms with Crippen LogP contribution in [0.3, 0.4) is 0 Å². The third-order valence-electron chi connectivity index (χ3n) is 7.02. The summed E-state index contributed by atoms with van der Waals surface area (Å²) in [6.07, 6.45) is 3.04. The van der Waals surface area contributed by atoms with Gasteiger partial charge in [0.15, 0.2) is 11.6 Å². The van der Waals surface area contributed by atoms with Gasteiger partial charge < -0.3 is 0 Å². The first-order chi connectivity index (χ1) is 16.4. The van der Waals surface area contributed by atoms with Crippen LogP contribution in [0.4, 0.5) is 0 Å². The lowest BCUT2D eigenvalue weighted by molar-refractivity contribution is 0.403. The molecule has 35 heavy (non-hydrogen) atoms. The van der Waals surface area contributed by atoms with Crippen molar-refractivity contribution in [3.8, 4) is 34.0 Å². The molecule has 0 radical (unpaired) electrons. The van der Waals surface area contributed by atoms with Crippen LogP contribution in [0.2, 0.25) is 0 Å². The maximum atomic E-state index is 4.83. The van der Waals surface area contributed by atoms with Crippen LogP contribution in [0.1, 0.15) is 71.8 Å². The van der Waals surface area contributed by atoms with E-state index in [0.29, 0.717) is 11.6 Å². The molecule has 0 unspecified atom stereocenters. The highest BCUT2D eigenvalue weighted by Crippen LogP contribution is 2.50. The zero-order chi connectivity index (χ0) is 25.0. The fourth-order valence-corrected chi connectivity index (χ4v) is 5.40. The van der Waals surface area contributed by atoms with E-state index in [-0.39, 0.29) is 16.2 Å². The van der Waals surface area contributed by atoms with Crippen LogP contribution in [-0.4, -0.2) is 19.9 Å². The molecule has 5 rings (SSSR count). The van der Waals surface area contributed by atoms with Crippen molar-refractivity contribution in [3.63, 3.8) is 0 Å². The molecule has 0 N–H and O–H groups in total. The first-order valence-electron chi connectivity index (χ1n) is 12.4. The fourth-order valence-electron chi connectivity index (χ4n) is 5.40. The fraction of sp³-hybridized carbons (Fsp3) is 0.355. The van der Waals surface area contributed by atoms with E-state index in [1.807, 2.05) is 36.5 Å². The number of fused-ring (bicyclic) bond motifs is 1. The standard InChI is InChI=1S/C31H34N4/c1-29(2,3)28-34-26(20-11-9-8-10-12-20)33-27(35-28)22-14-16-25(32-18-22)21-13-15-23-24(17-21)31(6,7)19-30(23,4)5/h8-18H,19H2,1-7H3. The summed E-state index contributed by atoms with van der Waals surface area (Å²) in [7, 11) is 0. The van der Waals surface area contributed by atoms with Gasteiger partial charge in [-0.3, -0.25) is 4.98 Å². The molecule has 2 aromatic carbocycles. The summed E-state index contributed by atoms with van der Waals surface area (Å²) in [5, 5.41) is 0. The molecule has 0 aliphatic heterocycles.